The molecule has 0 unspecified atom stereocenters. The van der Waals surface area contributed by atoms with Gasteiger partial charge in [-0.1, -0.05) is 36.8 Å². The Kier molecular flexibility index (Phi) is 4.02. The van der Waals surface area contributed by atoms with Gasteiger partial charge in [0, 0.05) is 6.54 Å². The van der Waals surface area contributed by atoms with Crippen LogP contribution in [0.5, 0.6) is 0 Å². The number of hydrogen-bond donors (Lipinski definition) is 1. The molecule has 0 aromatic heterocycles. The zero-order valence-electron chi connectivity index (χ0n) is 13.7. The number of urea groups is 1. The summed E-state index contributed by atoms with van der Waals surface area (Å²) in [5.74, 6) is 0.583. The molecule has 1 atom stereocenters. The van der Waals surface area contributed by atoms with Crippen LogP contribution >= 0.6 is 0 Å². The van der Waals surface area contributed by atoms with E-state index in [-0.39, 0.29) is 17.7 Å². The van der Waals surface area contributed by atoms with Gasteiger partial charge in [-0.05, 0) is 43.6 Å². The number of morpholine rings is 1. The lowest BCUT2D eigenvalue weighted by molar-refractivity contribution is -0.141. The first kappa shape index (κ1) is 15.0. The van der Waals surface area contributed by atoms with Crippen LogP contribution in [0.1, 0.15) is 50.1 Å². The molecule has 1 aliphatic heterocycles. The third-order valence-corrected chi connectivity index (χ3v) is 5.86. The van der Waals surface area contributed by atoms with Crippen LogP contribution in [-0.4, -0.2) is 36.2 Å². The summed E-state index contributed by atoms with van der Waals surface area (Å²) in [5, 5.41) is 3.32. The molecule has 1 aromatic carbocycles. The van der Waals surface area contributed by atoms with Crippen molar-refractivity contribution >= 4 is 6.03 Å². The maximum atomic E-state index is 12.8. The van der Waals surface area contributed by atoms with Crippen LogP contribution in [0.2, 0.25) is 0 Å². The van der Waals surface area contributed by atoms with Gasteiger partial charge in [-0.15, -0.1) is 0 Å². The minimum absolute atomic E-state index is 0.0334. The number of carbonyl (C=O) groups excluding carboxylic acids is 1. The summed E-state index contributed by atoms with van der Waals surface area (Å²) in [6.07, 6.45) is 7.14. The lowest BCUT2D eigenvalue weighted by Crippen LogP contribution is -2.59. The fourth-order valence-electron chi connectivity index (χ4n) is 4.02. The first-order valence-electron chi connectivity index (χ1n) is 9.00. The van der Waals surface area contributed by atoms with Crippen molar-refractivity contribution in [3.05, 3.63) is 35.9 Å². The van der Waals surface area contributed by atoms with E-state index in [4.69, 9.17) is 4.74 Å². The molecular weight excluding hydrogens is 288 g/mol. The van der Waals surface area contributed by atoms with E-state index in [1.54, 1.807) is 0 Å². The number of benzene rings is 1. The largest absolute Gasteiger partial charge is 0.371 e. The molecule has 1 heterocycles. The molecule has 4 heteroatoms. The maximum absolute atomic E-state index is 12.8. The number of hydrogen-bond acceptors (Lipinski definition) is 2. The van der Waals surface area contributed by atoms with E-state index in [1.165, 1.54) is 31.2 Å². The second-order valence-corrected chi connectivity index (χ2v) is 7.34. The highest BCUT2D eigenvalue weighted by Crippen LogP contribution is 2.39. The van der Waals surface area contributed by atoms with Crippen LogP contribution in [0.15, 0.2) is 30.3 Å². The molecule has 1 spiro atoms. The highest BCUT2D eigenvalue weighted by Gasteiger charge is 2.43. The van der Waals surface area contributed by atoms with Gasteiger partial charge in [0.05, 0.1) is 24.8 Å². The zero-order chi connectivity index (χ0) is 15.7. The SMILES string of the molecule is O=C(N[C@H](c1ccccc1)C1CCC1)N1CCOC2(CCC2)C1. The summed E-state index contributed by atoms with van der Waals surface area (Å²) < 4.78 is 5.93. The number of nitrogens with zero attached hydrogens (tertiary/aromatic N) is 1. The molecule has 2 aliphatic carbocycles. The molecule has 2 saturated carbocycles. The van der Waals surface area contributed by atoms with Crippen LogP contribution in [0.25, 0.3) is 0 Å². The molecule has 4 nitrogen and oxygen atoms in total. The van der Waals surface area contributed by atoms with Crippen molar-refractivity contribution in [2.75, 3.05) is 19.7 Å². The number of rotatable bonds is 3. The standard InChI is InChI=1S/C19H26N2O2/c22-18(21-12-13-23-19(14-21)10-5-11-19)20-17(16-8-4-9-16)15-6-2-1-3-7-15/h1-3,6-7,16-17H,4-5,8-14H2,(H,20,22)/t17-/m1/s1. The summed E-state index contributed by atoms with van der Waals surface area (Å²) >= 11 is 0. The second kappa shape index (κ2) is 6.16. The topological polar surface area (TPSA) is 41.6 Å². The zero-order valence-corrected chi connectivity index (χ0v) is 13.7. The Morgan fingerprint density at radius 1 is 1.22 bits per heavy atom. The molecule has 0 radical (unpaired) electrons. The molecule has 2 amide bonds. The highest BCUT2D eigenvalue weighted by molar-refractivity contribution is 5.75. The minimum Gasteiger partial charge on any atom is -0.371 e. The van der Waals surface area contributed by atoms with Gasteiger partial charge in [0.2, 0.25) is 0 Å². The fourth-order valence-corrected chi connectivity index (χ4v) is 4.02. The van der Waals surface area contributed by atoms with Gasteiger partial charge < -0.3 is 15.0 Å². The van der Waals surface area contributed by atoms with Crippen molar-refractivity contribution in [3.8, 4) is 0 Å². The fraction of sp³-hybridized carbons (Fsp3) is 0.632. The summed E-state index contributed by atoms with van der Waals surface area (Å²) in [5.41, 5.74) is 1.20. The average molecular weight is 314 g/mol. The number of ether oxygens (including phenoxy) is 1. The summed E-state index contributed by atoms with van der Waals surface area (Å²) in [6, 6.07) is 10.7. The molecule has 1 N–H and O–H groups in total. The van der Waals surface area contributed by atoms with Gasteiger partial charge in [-0.2, -0.15) is 0 Å². The Labute approximate surface area is 138 Å². The van der Waals surface area contributed by atoms with Crippen molar-refractivity contribution in [2.24, 2.45) is 5.92 Å². The number of carbonyl (C=O) groups is 1. The van der Waals surface area contributed by atoms with E-state index in [9.17, 15) is 4.79 Å². The number of amides is 2. The van der Waals surface area contributed by atoms with E-state index in [2.05, 4.69) is 29.6 Å². The van der Waals surface area contributed by atoms with E-state index in [0.717, 1.165) is 19.4 Å². The van der Waals surface area contributed by atoms with E-state index in [0.29, 0.717) is 19.1 Å². The Balaban J connectivity index is 1.44. The van der Waals surface area contributed by atoms with Crippen molar-refractivity contribution < 1.29 is 9.53 Å². The van der Waals surface area contributed by atoms with Crippen molar-refractivity contribution in [1.29, 1.82) is 0 Å². The summed E-state index contributed by atoms with van der Waals surface area (Å²) in [4.78, 5) is 14.8. The lowest BCUT2D eigenvalue weighted by atomic mass is 9.77. The molecule has 4 rings (SSSR count). The van der Waals surface area contributed by atoms with Gasteiger partial charge in [-0.25, -0.2) is 4.79 Å². The van der Waals surface area contributed by atoms with Crippen LogP contribution in [0, 0.1) is 5.92 Å². The molecule has 3 fully saturated rings. The Morgan fingerprint density at radius 3 is 2.61 bits per heavy atom. The Hall–Kier alpha value is -1.55. The summed E-state index contributed by atoms with van der Waals surface area (Å²) in [7, 11) is 0. The normalized spacial score (nSPS) is 24.6. The first-order chi connectivity index (χ1) is 11.3. The predicted molar refractivity (Wildman–Crippen MR) is 89.2 cm³/mol. The smallest absolute Gasteiger partial charge is 0.318 e. The molecular formula is C19H26N2O2. The van der Waals surface area contributed by atoms with Crippen LogP contribution < -0.4 is 5.32 Å². The minimum atomic E-state index is -0.0334. The van der Waals surface area contributed by atoms with Gasteiger partial charge in [-0.3, -0.25) is 0 Å². The lowest BCUT2D eigenvalue weighted by Gasteiger charge is -2.48. The Morgan fingerprint density at radius 2 is 2.00 bits per heavy atom. The molecule has 1 saturated heterocycles. The number of nitrogens with one attached hydrogen (secondary N) is 1. The van der Waals surface area contributed by atoms with E-state index >= 15 is 0 Å². The average Bonchev–Trinajstić information content (AvgIpc) is 2.52. The molecule has 124 valence electrons. The van der Waals surface area contributed by atoms with Crippen LogP contribution in [-0.2, 0) is 4.74 Å². The second-order valence-electron chi connectivity index (χ2n) is 7.34. The predicted octanol–water partition coefficient (Wildman–Crippen LogP) is 3.49. The van der Waals surface area contributed by atoms with Crippen LogP contribution in [0.3, 0.4) is 0 Å². The van der Waals surface area contributed by atoms with E-state index in [1.807, 2.05) is 11.0 Å². The first-order valence-corrected chi connectivity index (χ1v) is 9.00. The van der Waals surface area contributed by atoms with Gasteiger partial charge in [0.25, 0.3) is 0 Å². The molecule has 0 bridgehead atoms. The maximum Gasteiger partial charge on any atom is 0.318 e. The highest BCUT2D eigenvalue weighted by atomic mass is 16.5. The van der Waals surface area contributed by atoms with Gasteiger partial charge >= 0.3 is 6.03 Å². The third kappa shape index (κ3) is 2.97. The van der Waals surface area contributed by atoms with Gasteiger partial charge in [0.15, 0.2) is 0 Å². The molecule has 23 heavy (non-hydrogen) atoms. The van der Waals surface area contributed by atoms with Crippen molar-refractivity contribution in [2.45, 2.75) is 50.2 Å². The molecule has 3 aliphatic rings. The summed E-state index contributed by atoms with van der Waals surface area (Å²) in [6.45, 7) is 2.14. The van der Waals surface area contributed by atoms with Crippen molar-refractivity contribution in [3.63, 3.8) is 0 Å². The van der Waals surface area contributed by atoms with Gasteiger partial charge in [0.1, 0.15) is 0 Å². The van der Waals surface area contributed by atoms with Crippen LogP contribution in [0.4, 0.5) is 4.79 Å². The van der Waals surface area contributed by atoms with E-state index < -0.39 is 0 Å². The Bertz CT molecular complexity index is 552. The third-order valence-electron chi connectivity index (χ3n) is 5.86. The van der Waals surface area contributed by atoms with Crippen molar-refractivity contribution in [1.82, 2.24) is 10.2 Å². The quantitative estimate of drug-likeness (QED) is 0.928. The monoisotopic (exact) mass is 314 g/mol. The molecule has 1 aromatic rings.